The van der Waals surface area contributed by atoms with Gasteiger partial charge in [-0.1, -0.05) is 12.1 Å². The summed E-state index contributed by atoms with van der Waals surface area (Å²) in [6.07, 6.45) is -0.880. The van der Waals surface area contributed by atoms with Crippen LogP contribution in [0.4, 0.5) is 13.2 Å². The molecule has 8 heteroatoms. The van der Waals surface area contributed by atoms with Crippen LogP contribution in [-0.4, -0.2) is 28.5 Å². The standard InChI is InChI=1S/C19H16F3N3O2/c20-19(21,22)13-27-17-8-4-15(5-9-17)18(26)23-12-14-2-6-16(7-3-14)25-11-1-10-24-25/h1-11H,12-13H2,(H,23,26). The molecular weight excluding hydrogens is 359 g/mol. The number of alkyl halides is 3. The summed E-state index contributed by atoms with van der Waals surface area (Å²) in [5.74, 6) is -0.272. The van der Waals surface area contributed by atoms with Gasteiger partial charge < -0.3 is 10.1 Å². The van der Waals surface area contributed by atoms with Crippen molar-refractivity contribution in [2.45, 2.75) is 12.7 Å². The van der Waals surface area contributed by atoms with Crippen LogP contribution >= 0.6 is 0 Å². The third-order valence-corrected chi connectivity index (χ3v) is 3.68. The third kappa shape index (κ3) is 5.34. The van der Waals surface area contributed by atoms with Crippen LogP contribution in [0.15, 0.2) is 67.0 Å². The van der Waals surface area contributed by atoms with Gasteiger partial charge in [0.2, 0.25) is 0 Å². The van der Waals surface area contributed by atoms with Gasteiger partial charge >= 0.3 is 6.18 Å². The van der Waals surface area contributed by atoms with Crippen molar-refractivity contribution in [2.75, 3.05) is 6.61 Å². The highest BCUT2D eigenvalue weighted by atomic mass is 19.4. The Hall–Kier alpha value is -3.29. The highest BCUT2D eigenvalue weighted by molar-refractivity contribution is 5.94. The average Bonchev–Trinajstić information content (AvgIpc) is 3.19. The molecule has 3 aromatic rings. The third-order valence-electron chi connectivity index (χ3n) is 3.68. The van der Waals surface area contributed by atoms with Gasteiger partial charge in [0.15, 0.2) is 6.61 Å². The summed E-state index contributed by atoms with van der Waals surface area (Å²) < 4.78 is 42.7. The summed E-state index contributed by atoms with van der Waals surface area (Å²) in [5.41, 5.74) is 2.15. The molecule has 0 aliphatic carbocycles. The van der Waals surface area contributed by atoms with Gasteiger partial charge in [-0.05, 0) is 48.0 Å². The van der Waals surface area contributed by atoms with Gasteiger partial charge in [0.1, 0.15) is 5.75 Å². The zero-order valence-electron chi connectivity index (χ0n) is 14.1. The molecule has 3 rings (SSSR count). The van der Waals surface area contributed by atoms with Crippen LogP contribution in [0, 0.1) is 0 Å². The lowest BCUT2D eigenvalue weighted by atomic mass is 10.1. The van der Waals surface area contributed by atoms with Gasteiger partial charge in [-0.25, -0.2) is 4.68 Å². The second kappa shape index (κ2) is 7.94. The Kier molecular flexibility index (Phi) is 5.44. The fraction of sp³-hybridized carbons (Fsp3) is 0.158. The Morgan fingerprint density at radius 2 is 1.78 bits per heavy atom. The fourth-order valence-corrected chi connectivity index (χ4v) is 2.34. The molecule has 0 atom stereocenters. The van der Waals surface area contributed by atoms with Crippen LogP contribution in [0.3, 0.4) is 0 Å². The Balaban J connectivity index is 1.53. The van der Waals surface area contributed by atoms with Crippen molar-refractivity contribution >= 4 is 5.91 Å². The van der Waals surface area contributed by atoms with E-state index in [0.29, 0.717) is 12.1 Å². The minimum atomic E-state index is -4.40. The first-order valence-corrected chi connectivity index (χ1v) is 8.07. The van der Waals surface area contributed by atoms with E-state index in [1.54, 1.807) is 10.9 Å². The molecule has 0 radical (unpaired) electrons. The largest absolute Gasteiger partial charge is 0.484 e. The number of ether oxygens (including phenoxy) is 1. The van der Waals surface area contributed by atoms with E-state index >= 15 is 0 Å². The first-order valence-electron chi connectivity index (χ1n) is 8.07. The van der Waals surface area contributed by atoms with E-state index in [1.165, 1.54) is 24.3 Å². The summed E-state index contributed by atoms with van der Waals surface area (Å²) in [6, 6.07) is 14.9. The molecule has 0 saturated heterocycles. The van der Waals surface area contributed by atoms with Crippen LogP contribution in [-0.2, 0) is 6.54 Å². The Morgan fingerprint density at radius 3 is 2.37 bits per heavy atom. The van der Waals surface area contributed by atoms with E-state index in [0.717, 1.165) is 11.3 Å². The number of carbonyl (C=O) groups excluding carboxylic acids is 1. The molecule has 1 amide bonds. The van der Waals surface area contributed by atoms with E-state index in [2.05, 4.69) is 15.2 Å². The Bertz CT molecular complexity index is 874. The van der Waals surface area contributed by atoms with E-state index in [9.17, 15) is 18.0 Å². The number of hydrogen-bond acceptors (Lipinski definition) is 3. The number of aromatic nitrogens is 2. The number of carbonyl (C=O) groups is 1. The first-order chi connectivity index (χ1) is 12.9. The average molecular weight is 375 g/mol. The molecule has 27 heavy (non-hydrogen) atoms. The topological polar surface area (TPSA) is 56.2 Å². The number of halogens is 3. The summed E-state index contributed by atoms with van der Waals surface area (Å²) in [7, 11) is 0. The zero-order valence-corrected chi connectivity index (χ0v) is 14.1. The number of hydrogen-bond donors (Lipinski definition) is 1. The SMILES string of the molecule is O=C(NCc1ccc(-n2cccn2)cc1)c1ccc(OCC(F)(F)F)cc1. The van der Waals surface area contributed by atoms with Crippen molar-refractivity contribution in [2.24, 2.45) is 0 Å². The molecule has 1 aromatic heterocycles. The van der Waals surface area contributed by atoms with Crippen LogP contribution in [0.2, 0.25) is 0 Å². The smallest absolute Gasteiger partial charge is 0.422 e. The number of benzene rings is 2. The quantitative estimate of drug-likeness (QED) is 0.714. The van der Waals surface area contributed by atoms with E-state index in [1.807, 2.05) is 36.5 Å². The lowest BCUT2D eigenvalue weighted by Crippen LogP contribution is -2.23. The maximum Gasteiger partial charge on any atom is 0.422 e. The van der Waals surface area contributed by atoms with Gasteiger partial charge in [0.25, 0.3) is 5.91 Å². The van der Waals surface area contributed by atoms with Gasteiger partial charge in [0, 0.05) is 24.5 Å². The van der Waals surface area contributed by atoms with E-state index in [4.69, 9.17) is 0 Å². The maximum atomic E-state index is 12.2. The van der Waals surface area contributed by atoms with E-state index < -0.39 is 12.8 Å². The molecule has 1 heterocycles. The van der Waals surface area contributed by atoms with Crippen LogP contribution in [0.25, 0.3) is 5.69 Å². The molecule has 0 aliphatic heterocycles. The summed E-state index contributed by atoms with van der Waals surface area (Å²) in [6.45, 7) is -1.04. The molecule has 1 N–H and O–H groups in total. The lowest BCUT2D eigenvalue weighted by Gasteiger charge is -2.10. The number of amides is 1. The van der Waals surface area contributed by atoms with E-state index in [-0.39, 0.29) is 11.7 Å². The van der Waals surface area contributed by atoms with Gasteiger partial charge in [-0.2, -0.15) is 18.3 Å². The number of rotatable bonds is 6. The molecule has 0 aliphatic rings. The zero-order chi connectivity index (χ0) is 19.3. The van der Waals surface area contributed by atoms with Crippen molar-refractivity contribution in [3.8, 4) is 11.4 Å². The van der Waals surface area contributed by atoms with Crippen LogP contribution in [0.5, 0.6) is 5.75 Å². The number of nitrogens with zero attached hydrogens (tertiary/aromatic N) is 2. The van der Waals surface area contributed by atoms with Crippen molar-refractivity contribution in [3.05, 3.63) is 78.1 Å². The normalized spacial score (nSPS) is 11.2. The van der Waals surface area contributed by atoms with Gasteiger partial charge in [-0.15, -0.1) is 0 Å². The second-order valence-electron chi connectivity index (χ2n) is 5.73. The minimum Gasteiger partial charge on any atom is -0.484 e. The summed E-state index contributed by atoms with van der Waals surface area (Å²) in [4.78, 5) is 12.2. The van der Waals surface area contributed by atoms with Crippen molar-refractivity contribution < 1.29 is 22.7 Å². The monoisotopic (exact) mass is 375 g/mol. The molecule has 0 unspecified atom stereocenters. The predicted octanol–water partition coefficient (Wildman–Crippen LogP) is 3.74. The second-order valence-corrected chi connectivity index (χ2v) is 5.73. The predicted molar refractivity (Wildman–Crippen MR) is 92.7 cm³/mol. The maximum absolute atomic E-state index is 12.2. The molecule has 5 nitrogen and oxygen atoms in total. The summed E-state index contributed by atoms with van der Waals surface area (Å²) in [5, 5.41) is 6.90. The first kappa shape index (κ1) is 18.5. The Labute approximate surface area is 153 Å². The van der Waals surface area contributed by atoms with Crippen LogP contribution in [0.1, 0.15) is 15.9 Å². The highest BCUT2D eigenvalue weighted by Crippen LogP contribution is 2.19. The minimum absolute atomic E-state index is 0.0538. The lowest BCUT2D eigenvalue weighted by molar-refractivity contribution is -0.153. The molecule has 0 fully saturated rings. The van der Waals surface area contributed by atoms with Gasteiger partial charge in [-0.3, -0.25) is 4.79 Å². The Morgan fingerprint density at radius 1 is 1.07 bits per heavy atom. The fourth-order valence-electron chi connectivity index (χ4n) is 2.34. The molecule has 2 aromatic carbocycles. The molecule has 0 bridgehead atoms. The summed E-state index contributed by atoms with van der Waals surface area (Å²) >= 11 is 0. The molecule has 0 saturated carbocycles. The highest BCUT2D eigenvalue weighted by Gasteiger charge is 2.28. The molecule has 140 valence electrons. The van der Waals surface area contributed by atoms with Gasteiger partial charge in [0.05, 0.1) is 5.69 Å². The van der Waals surface area contributed by atoms with Crippen molar-refractivity contribution in [1.82, 2.24) is 15.1 Å². The van der Waals surface area contributed by atoms with Crippen LogP contribution < -0.4 is 10.1 Å². The number of nitrogens with one attached hydrogen (secondary N) is 1. The van der Waals surface area contributed by atoms with Crippen molar-refractivity contribution in [1.29, 1.82) is 0 Å². The molecule has 0 spiro atoms. The molecular formula is C19H16F3N3O2. The van der Waals surface area contributed by atoms with Crippen molar-refractivity contribution in [3.63, 3.8) is 0 Å².